The third kappa shape index (κ3) is 3.57. The van der Waals surface area contributed by atoms with Crippen LogP contribution in [0.2, 0.25) is 10.0 Å². The summed E-state index contributed by atoms with van der Waals surface area (Å²) in [6, 6.07) is 9.58. The molecule has 1 amide bonds. The first kappa shape index (κ1) is 18.4. The van der Waals surface area contributed by atoms with Gasteiger partial charge < -0.3 is 25.4 Å². The molecular formula is C18H16Cl2N3O3-. The van der Waals surface area contributed by atoms with Crippen LogP contribution in [0.1, 0.15) is 20.7 Å². The van der Waals surface area contributed by atoms with E-state index in [9.17, 15) is 14.7 Å². The molecular weight excluding hydrogens is 377 g/mol. The molecule has 1 fully saturated rings. The van der Waals surface area contributed by atoms with Crippen LogP contribution in [-0.2, 0) is 0 Å². The van der Waals surface area contributed by atoms with Crippen LogP contribution >= 0.6 is 23.2 Å². The Labute approximate surface area is 160 Å². The van der Waals surface area contributed by atoms with Gasteiger partial charge in [0, 0.05) is 43.0 Å². The number of halogens is 2. The minimum Gasteiger partial charge on any atom is -0.545 e. The van der Waals surface area contributed by atoms with E-state index in [4.69, 9.17) is 28.9 Å². The molecule has 0 radical (unpaired) electrons. The Morgan fingerprint density at radius 2 is 1.69 bits per heavy atom. The van der Waals surface area contributed by atoms with Crippen molar-refractivity contribution in [2.75, 3.05) is 36.8 Å². The minimum absolute atomic E-state index is 0.0773. The molecule has 6 nitrogen and oxygen atoms in total. The van der Waals surface area contributed by atoms with Crippen LogP contribution in [-0.4, -0.2) is 43.0 Å². The Bertz CT molecular complexity index is 865. The molecule has 1 aliphatic heterocycles. The maximum Gasteiger partial charge on any atom is 0.254 e. The van der Waals surface area contributed by atoms with E-state index >= 15 is 0 Å². The fourth-order valence-electron chi connectivity index (χ4n) is 2.97. The summed E-state index contributed by atoms with van der Waals surface area (Å²) in [4.78, 5) is 27.7. The first-order chi connectivity index (χ1) is 12.4. The van der Waals surface area contributed by atoms with Crippen molar-refractivity contribution in [2.45, 2.75) is 0 Å². The van der Waals surface area contributed by atoms with E-state index in [1.54, 1.807) is 11.0 Å². The standard InChI is InChI=1S/C18H17Cl2N3O3/c19-14-2-1-3-15(16(14)20)22-6-8-23(9-7-22)17(24)12-5-4-11(21)10-13(12)18(25)26/h1-5,10H,6-9,21H2,(H,25,26)/p-1. The van der Waals surface area contributed by atoms with E-state index < -0.39 is 5.97 Å². The number of aromatic carboxylic acids is 1. The highest BCUT2D eigenvalue weighted by Crippen LogP contribution is 2.33. The number of hydrogen-bond acceptors (Lipinski definition) is 5. The number of rotatable bonds is 3. The summed E-state index contributed by atoms with van der Waals surface area (Å²) in [6.07, 6.45) is 0. The molecule has 2 aromatic carbocycles. The summed E-state index contributed by atoms with van der Waals surface area (Å²) in [5.74, 6) is -1.79. The van der Waals surface area contributed by atoms with Crippen LogP contribution in [0.5, 0.6) is 0 Å². The van der Waals surface area contributed by atoms with Gasteiger partial charge in [-0.15, -0.1) is 0 Å². The molecule has 26 heavy (non-hydrogen) atoms. The van der Waals surface area contributed by atoms with E-state index in [2.05, 4.69) is 0 Å². The fourth-order valence-corrected chi connectivity index (χ4v) is 3.39. The second-order valence-electron chi connectivity index (χ2n) is 5.94. The molecule has 2 aromatic rings. The number of carbonyl (C=O) groups is 2. The maximum atomic E-state index is 12.7. The molecule has 1 saturated heterocycles. The molecule has 3 rings (SSSR count). The van der Waals surface area contributed by atoms with Crippen molar-refractivity contribution in [3.8, 4) is 0 Å². The van der Waals surface area contributed by atoms with E-state index in [1.165, 1.54) is 18.2 Å². The molecule has 0 bridgehead atoms. The highest BCUT2D eigenvalue weighted by atomic mass is 35.5. The zero-order chi connectivity index (χ0) is 18.8. The SMILES string of the molecule is Nc1ccc(C(=O)N2CCN(c3cccc(Cl)c3Cl)CC2)c(C(=O)[O-])c1. The van der Waals surface area contributed by atoms with Crippen molar-refractivity contribution in [3.05, 3.63) is 57.6 Å². The molecule has 136 valence electrons. The van der Waals surface area contributed by atoms with Crippen molar-refractivity contribution in [1.82, 2.24) is 4.90 Å². The van der Waals surface area contributed by atoms with Gasteiger partial charge in [0.1, 0.15) is 0 Å². The lowest BCUT2D eigenvalue weighted by molar-refractivity contribution is -0.255. The number of amides is 1. The van der Waals surface area contributed by atoms with Gasteiger partial charge in [-0.25, -0.2) is 0 Å². The van der Waals surface area contributed by atoms with E-state index in [0.717, 1.165) is 5.69 Å². The summed E-state index contributed by atoms with van der Waals surface area (Å²) < 4.78 is 0. The van der Waals surface area contributed by atoms with Crippen LogP contribution < -0.4 is 15.7 Å². The molecule has 0 unspecified atom stereocenters. The van der Waals surface area contributed by atoms with Gasteiger partial charge in [0.15, 0.2) is 0 Å². The third-order valence-electron chi connectivity index (χ3n) is 4.33. The van der Waals surface area contributed by atoms with Gasteiger partial charge in [-0.1, -0.05) is 29.3 Å². The molecule has 1 aliphatic rings. The van der Waals surface area contributed by atoms with E-state index in [0.29, 0.717) is 36.2 Å². The van der Waals surface area contributed by atoms with Crippen LogP contribution in [0.3, 0.4) is 0 Å². The number of carboxylic acid groups (broad SMARTS) is 1. The highest BCUT2D eigenvalue weighted by molar-refractivity contribution is 6.43. The van der Waals surface area contributed by atoms with Gasteiger partial charge in [-0.2, -0.15) is 0 Å². The lowest BCUT2D eigenvalue weighted by Crippen LogP contribution is -2.49. The highest BCUT2D eigenvalue weighted by Gasteiger charge is 2.25. The molecule has 2 N–H and O–H groups in total. The Kier molecular flexibility index (Phi) is 5.25. The first-order valence-electron chi connectivity index (χ1n) is 7.97. The topological polar surface area (TPSA) is 89.7 Å². The normalized spacial score (nSPS) is 14.4. The number of carbonyl (C=O) groups excluding carboxylic acids is 2. The first-order valence-corrected chi connectivity index (χ1v) is 8.73. The summed E-state index contributed by atoms with van der Waals surface area (Å²) in [7, 11) is 0. The average molecular weight is 393 g/mol. The fraction of sp³-hybridized carbons (Fsp3) is 0.222. The molecule has 0 aliphatic carbocycles. The van der Waals surface area contributed by atoms with Crippen molar-refractivity contribution in [3.63, 3.8) is 0 Å². The van der Waals surface area contributed by atoms with Gasteiger partial charge in [0.25, 0.3) is 5.91 Å². The smallest absolute Gasteiger partial charge is 0.254 e. The number of nitrogen functional groups attached to an aromatic ring is 1. The number of anilines is 2. The van der Waals surface area contributed by atoms with Crippen LogP contribution in [0.15, 0.2) is 36.4 Å². The van der Waals surface area contributed by atoms with Crippen molar-refractivity contribution in [2.24, 2.45) is 0 Å². The number of hydrogen-bond donors (Lipinski definition) is 1. The van der Waals surface area contributed by atoms with Gasteiger partial charge in [-0.3, -0.25) is 4.79 Å². The summed E-state index contributed by atoms with van der Waals surface area (Å²) in [5, 5.41) is 12.2. The van der Waals surface area contributed by atoms with Crippen LogP contribution in [0.25, 0.3) is 0 Å². The zero-order valence-corrected chi connectivity index (χ0v) is 15.3. The summed E-state index contributed by atoms with van der Waals surface area (Å²) >= 11 is 12.3. The Morgan fingerprint density at radius 1 is 1.00 bits per heavy atom. The lowest BCUT2D eigenvalue weighted by atomic mass is 10.0. The van der Waals surface area contributed by atoms with E-state index in [-0.39, 0.29) is 22.7 Å². The van der Waals surface area contributed by atoms with Gasteiger partial charge in [-0.05, 0) is 30.3 Å². The van der Waals surface area contributed by atoms with Crippen molar-refractivity contribution in [1.29, 1.82) is 0 Å². The molecule has 0 saturated carbocycles. The van der Waals surface area contributed by atoms with Gasteiger partial charge >= 0.3 is 0 Å². The second kappa shape index (κ2) is 7.43. The minimum atomic E-state index is -1.43. The number of nitrogens with zero attached hydrogens (tertiary/aromatic N) is 2. The molecule has 1 heterocycles. The zero-order valence-electron chi connectivity index (χ0n) is 13.7. The number of carboxylic acids is 1. The molecule has 0 aromatic heterocycles. The maximum absolute atomic E-state index is 12.7. The number of nitrogens with two attached hydrogens (primary N) is 1. The predicted molar refractivity (Wildman–Crippen MR) is 99.8 cm³/mol. The largest absolute Gasteiger partial charge is 0.545 e. The van der Waals surface area contributed by atoms with Crippen molar-refractivity contribution < 1.29 is 14.7 Å². The second-order valence-corrected chi connectivity index (χ2v) is 6.73. The number of piperazine rings is 1. The van der Waals surface area contributed by atoms with Gasteiger partial charge in [0.05, 0.1) is 21.7 Å². The van der Waals surface area contributed by atoms with Crippen LogP contribution in [0, 0.1) is 0 Å². The summed E-state index contributed by atoms with van der Waals surface area (Å²) in [6.45, 7) is 1.97. The summed E-state index contributed by atoms with van der Waals surface area (Å²) in [5.41, 5.74) is 6.56. The van der Waals surface area contributed by atoms with Gasteiger partial charge in [0.2, 0.25) is 0 Å². The molecule has 0 atom stereocenters. The van der Waals surface area contributed by atoms with Crippen molar-refractivity contribution >= 4 is 46.5 Å². The Balaban J connectivity index is 1.75. The third-order valence-corrected chi connectivity index (χ3v) is 5.14. The molecule has 0 spiro atoms. The average Bonchev–Trinajstić information content (AvgIpc) is 2.63. The predicted octanol–water partition coefficient (Wildman–Crippen LogP) is 1.90. The Hall–Kier alpha value is -2.44. The van der Waals surface area contributed by atoms with E-state index in [1.807, 2.05) is 17.0 Å². The molecule has 8 heteroatoms. The quantitative estimate of drug-likeness (QED) is 0.805. The monoisotopic (exact) mass is 392 g/mol. The Morgan fingerprint density at radius 3 is 2.35 bits per heavy atom. The lowest BCUT2D eigenvalue weighted by Gasteiger charge is -2.37. The number of benzene rings is 2. The van der Waals surface area contributed by atoms with Crippen LogP contribution in [0.4, 0.5) is 11.4 Å².